The Morgan fingerprint density at radius 1 is 1.26 bits per heavy atom. The zero-order chi connectivity index (χ0) is 14.0. The number of hydrogen-bond acceptors (Lipinski definition) is 3. The number of thioether (sulfide) groups is 1. The van der Waals surface area contributed by atoms with Gasteiger partial charge in [-0.2, -0.15) is 0 Å². The molecule has 4 heteroatoms. The molecule has 0 spiro atoms. The SMILES string of the molecule is CC(C)(C)c1ccc(C(=O)N[C@H]2CCSC2=O)cc1. The molecule has 1 heterocycles. The van der Waals surface area contributed by atoms with Crippen molar-refractivity contribution in [3.05, 3.63) is 35.4 Å². The third-order valence-corrected chi connectivity index (χ3v) is 4.26. The van der Waals surface area contributed by atoms with Gasteiger partial charge in [-0.15, -0.1) is 0 Å². The van der Waals surface area contributed by atoms with Gasteiger partial charge in [-0.1, -0.05) is 44.7 Å². The summed E-state index contributed by atoms with van der Waals surface area (Å²) in [5.74, 6) is 0.633. The van der Waals surface area contributed by atoms with Crippen molar-refractivity contribution in [2.45, 2.75) is 38.6 Å². The molecule has 1 amide bonds. The molecule has 0 bridgehead atoms. The van der Waals surface area contributed by atoms with Crippen LogP contribution in [0, 0.1) is 0 Å². The number of benzene rings is 1. The fraction of sp³-hybridized carbons (Fsp3) is 0.467. The molecule has 1 saturated heterocycles. The molecule has 1 aliphatic rings. The minimum atomic E-state index is -0.320. The first-order valence-corrected chi connectivity index (χ1v) is 7.44. The van der Waals surface area contributed by atoms with Crippen LogP contribution in [-0.4, -0.2) is 22.8 Å². The zero-order valence-electron chi connectivity index (χ0n) is 11.5. The van der Waals surface area contributed by atoms with Crippen LogP contribution < -0.4 is 5.32 Å². The third kappa shape index (κ3) is 3.38. The van der Waals surface area contributed by atoms with E-state index in [0.717, 1.165) is 12.2 Å². The first kappa shape index (κ1) is 14.1. The van der Waals surface area contributed by atoms with Gasteiger partial charge in [0.05, 0.1) is 6.04 Å². The smallest absolute Gasteiger partial charge is 0.251 e. The van der Waals surface area contributed by atoms with Crippen LogP contribution in [-0.2, 0) is 10.2 Å². The van der Waals surface area contributed by atoms with Gasteiger partial charge >= 0.3 is 0 Å². The molecule has 1 N–H and O–H groups in total. The minimum Gasteiger partial charge on any atom is -0.341 e. The average molecular weight is 277 g/mol. The Morgan fingerprint density at radius 2 is 1.89 bits per heavy atom. The highest BCUT2D eigenvalue weighted by atomic mass is 32.2. The Bertz CT molecular complexity index is 488. The standard InChI is InChI=1S/C15H19NO2S/c1-15(2,3)11-6-4-10(5-7-11)13(17)16-12-8-9-19-14(12)18/h4-7,12H,8-9H2,1-3H3,(H,16,17)/t12-/m0/s1. The molecule has 3 nitrogen and oxygen atoms in total. The summed E-state index contributed by atoms with van der Waals surface area (Å²) in [4.78, 5) is 23.5. The fourth-order valence-electron chi connectivity index (χ4n) is 1.99. The van der Waals surface area contributed by atoms with E-state index in [1.807, 2.05) is 24.3 Å². The highest BCUT2D eigenvalue weighted by molar-refractivity contribution is 8.14. The molecule has 0 saturated carbocycles. The van der Waals surface area contributed by atoms with E-state index in [0.29, 0.717) is 5.56 Å². The molecule has 0 unspecified atom stereocenters. The maximum atomic E-state index is 12.0. The second-order valence-corrected chi connectivity index (χ2v) is 6.91. The number of amides is 1. The normalized spacial score (nSPS) is 19.5. The number of nitrogens with one attached hydrogen (secondary N) is 1. The lowest BCUT2D eigenvalue weighted by Crippen LogP contribution is -2.37. The van der Waals surface area contributed by atoms with E-state index < -0.39 is 0 Å². The summed E-state index contributed by atoms with van der Waals surface area (Å²) in [7, 11) is 0. The van der Waals surface area contributed by atoms with Crippen LogP contribution >= 0.6 is 11.8 Å². The summed E-state index contributed by atoms with van der Waals surface area (Å²) in [6.45, 7) is 6.41. The fourth-order valence-corrected chi connectivity index (χ4v) is 2.92. The molecule has 2 rings (SSSR count). The van der Waals surface area contributed by atoms with Crippen molar-refractivity contribution >= 4 is 22.8 Å². The van der Waals surface area contributed by atoms with Crippen LogP contribution in [0.25, 0.3) is 0 Å². The summed E-state index contributed by atoms with van der Waals surface area (Å²) < 4.78 is 0. The van der Waals surface area contributed by atoms with Gasteiger partial charge in [0.15, 0.2) is 0 Å². The summed E-state index contributed by atoms with van der Waals surface area (Å²) in [5, 5.41) is 2.86. The molecular weight excluding hydrogens is 258 g/mol. The summed E-state index contributed by atoms with van der Waals surface area (Å²) in [6.07, 6.45) is 0.731. The van der Waals surface area contributed by atoms with Gasteiger partial charge in [-0.3, -0.25) is 9.59 Å². The first-order valence-electron chi connectivity index (χ1n) is 6.46. The highest BCUT2D eigenvalue weighted by Gasteiger charge is 2.27. The summed E-state index contributed by atoms with van der Waals surface area (Å²) >= 11 is 1.29. The van der Waals surface area contributed by atoms with E-state index in [1.54, 1.807) is 0 Å². The number of rotatable bonds is 2. The average Bonchev–Trinajstić information content (AvgIpc) is 2.74. The van der Waals surface area contributed by atoms with Crippen LogP contribution in [0.5, 0.6) is 0 Å². The molecule has 1 aromatic rings. The van der Waals surface area contributed by atoms with Crippen LogP contribution in [0.1, 0.15) is 43.1 Å². The monoisotopic (exact) mass is 277 g/mol. The van der Waals surface area contributed by atoms with Gasteiger partial charge in [0.25, 0.3) is 5.91 Å². The predicted molar refractivity (Wildman–Crippen MR) is 78.5 cm³/mol. The van der Waals surface area contributed by atoms with E-state index in [-0.39, 0.29) is 22.5 Å². The topological polar surface area (TPSA) is 46.2 Å². The van der Waals surface area contributed by atoms with Gasteiger partial charge in [-0.05, 0) is 29.5 Å². The molecule has 102 valence electrons. The van der Waals surface area contributed by atoms with E-state index in [9.17, 15) is 9.59 Å². The van der Waals surface area contributed by atoms with Crippen molar-refractivity contribution < 1.29 is 9.59 Å². The van der Waals surface area contributed by atoms with Crippen LogP contribution in [0.2, 0.25) is 0 Å². The quantitative estimate of drug-likeness (QED) is 0.904. The number of hydrogen-bond donors (Lipinski definition) is 1. The lowest BCUT2D eigenvalue weighted by Gasteiger charge is -2.19. The Labute approximate surface area is 118 Å². The van der Waals surface area contributed by atoms with Crippen LogP contribution in [0.4, 0.5) is 0 Å². The second-order valence-electron chi connectivity index (χ2n) is 5.81. The maximum absolute atomic E-state index is 12.0. The van der Waals surface area contributed by atoms with Gasteiger partial charge in [0.2, 0.25) is 5.12 Å². The Morgan fingerprint density at radius 3 is 2.37 bits per heavy atom. The second kappa shape index (κ2) is 5.37. The largest absolute Gasteiger partial charge is 0.341 e. The van der Waals surface area contributed by atoms with Crippen molar-refractivity contribution in [2.75, 3.05) is 5.75 Å². The third-order valence-electron chi connectivity index (χ3n) is 3.25. The predicted octanol–water partition coefficient (Wildman–Crippen LogP) is 2.75. The molecule has 1 atom stereocenters. The number of carbonyl (C=O) groups excluding carboxylic acids is 2. The van der Waals surface area contributed by atoms with Gasteiger partial charge in [-0.25, -0.2) is 0 Å². The van der Waals surface area contributed by atoms with Crippen LogP contribution in [0.15, 0.2) is 24.3 Å². The van der Waals surface area contributed by atoms with E-state index in [1.165, 1.54) is 17.3 Å². The van der Waals surface area contributed by atoms with Gasteiger partial charge in [0, 0.05) is 11.3 Å². The summed E-state index contributed by atoms with van der Waals surface area (Å²) in [6, 6.07) is 7.27. The molecule has 0 aliphatic carbocycles. The summed E-state index contributed by atoms with van der Waals surface area (Å²) in [5.41, 5.74) is 1.88. The lowest BCUT2D eigenvalue weighted by molar-refractivity contribution is -0.112. The van der Waals surface area contributed by atoms with Crippen LogP contribution in [0.3, 0.4) is 0 Å². The highest BCUT2D eigenvalue weighted by Crippen LogP contribution is 2.23. The Hall–Kier alpha value is -1.29. The number of carbonyl (C=O) groups is 2. The Kier molecular flexibility index (Phi) is 3.99. The molecule has 1 aromatic carbocycles. The van der Waals surface area contributed by atoms with Gasteiger partial charge < -0.3 is 5.32 Å². The molecular formula is C15H19NO2S. The molecule has 1 aliphatic heterocycles. The van der Waals surface area contributed by atoms with E-state index >= 15 is 0 Å². The molecule has 0 radical (unpaired) electrons. The molecule has 19 heavy (non-hydrogen) atoms. The first-order chi connectivity index (χ1) is 8.88. The van der Waals surface area contributed by atoms with Crippen molar-refractivity contribution in [1.82, 2.24) is 5.32 Å². The minimum absolute atomic E-state index is 0.0691. The molecule has 0 aromatic heterocycles. The van der Waals surface area contributed by atoms with Crippen molar-refractivity contribution in [3.63, 3.8) is 0 Å². The maximum Gasteiger partial charge on any atom is 0.251 e. The van der Waals surface area contributed by atoms with Crippen molar-refractivity contribution in [3.8, 4) is 0 Å². The Balaban J connectivity index is 2.05. The van der Waals surface area contributed by atoms with E-state index in [2.05, 4.69) is 26.1 Å². The molecule has 1 fully saturated rings. The zero-order valence-corrected chi connectivity index (χ0v) is 12.3. The van der Waals surface area contributed by atoms with Gasteiger partial charge in [0.1, 0.15) is 0 Å². The van der Waals surface area contributed by atoms with Crippen molar-refractivity contribution in [2.24, 2.45) is 0 Å². The van der Waals surface area contributed by atoms with E-state index in [4.69, 9.17) is 0 Å². The lowest BCUT2D eigenvalue weighted by atomic mass is 9.86. The van der Waals surface area contributed by atoms with Crippen molar-refractivity contribution in [1.29, 1.82) is 0 Å².